The number of likely N-dealkylation sites (tertiary alicyclic amines) is 1. The zero-order valence-corrected chi connectivity index (χ0v) is 11.7. The maximum Gasteiger partial charge on any atom is 0.433 e. The second-order valence-corrected chi connectivity index (χ2v) is 5.12. The molecule has 0 spiro atoms. The van der Waals surface area contributed by atoms with Gasteiger partial charge >= 0.3 is 6.18 Å². The van der Waals surface area contributed by atoms with Crippen molar-refractivity contribution in [2.75, 3.05) is 19.7 Å². The SMILES string of the molecule is CC(=O)N1CCC(COc2cccc(C(F)(F)F)n2)CC1. The second kappa shape index (κ2) is 6.32. The summed E-state index contributed by atoms with van der Waals surface area (Å²) in [6, 6.07) is 3.61. The van der Waals surface area contributed by atoms with E-state index in [0.717, 1.165) is 18.9 Å². The summed E-state index contributed by atoms with van der Waals surface area (Å²) < 4.78 is 42.9. The van der Waals surface area contributed by atoms with Gasteiger partial charge in [-0.15, -0.1) is 0 Å². The Kier molecular flexibility index (Phi) is 4.69. The molecule has 2 heterocycles. The molecule has 116 valence electrons. The lowest BCUT2D eigenvalue weighted by molar-refractivity contribution is -0.141. The van der Waals surface area contributed by atoms with Gasteiger partial charge in [0.2, 0.25) is 11.8 Å². The number of pyridine rings is 1. The average molecular weight is 302 g/mol. The predicted molar refractivity (Wildman–Crippen MR) is 69.7 cm³/mol. The first kappa shape index (κ1) is 15.6. The van der Waals surface area contributed by atoms with Crippen LogP contribution < -0.4 is 4.74 Å². The minimum atomic E-state index is -4.47. The van der Waals surface area contributed by atoms with Gasteiger partial charge in [0, 0.05) is 26.1 Å². The minimum absolute atomic E-state index is 0.0150. The van der Waals surface area contributed by atoms with E-state index in [1.807, 2.05) is 0 Å². The van der Waals surface area contributed by atoms with Crippen molar-refractivity contribution in [1.29, 1.82) is 0 Å². The Labute approximate surface area is 120 Å². The number of amides is 1. The van der Waals surface area contributed by atoms with Crippen LogP contribution in [0.25, 0.3) is 0 Å². The molecule has 4 nitrogen and oxygen atoms in total. The lowest BCUT2D eigenvalue weighted by atomic mass is 9.98. The van der Waals surface area contributed by atoms with Crippen molar-refractivity contribution in [3.8, 4) is 5.88 Å². The molecule has 1 aromatic heterocycles. The number of hydrogen-bond acceptors (Lipinski definition) is 3. The number of alkyl halides is 3. The highest BCUT2D eigenvalue weighted by atomic mass is 19.4. The van der Waals surface area contributed by atoms with Gasteiger partial charge < -0.3 is 9.64 Å². The highest BCUT2D eigenvalue weighted by Crippen LogP contribution is 2.28. The summed E-state index contributed by atoms with van der Waals surface area (Å²) in [5.41, 5.74) is -0.952. The Morgan fingerprint density at radius 1 is 1.38 bits per heavy atom. The molecule has 0 saturated carbocycles. The molecule has 1 amide bonds. The van der Waals surface area contributed by atoms with E-state index in [9.17, 15) is 18.0 Å². The molecule has 0 unspecified atom stereocenters. The maximum absolute atomic E-state index is 12.5. The first-order valence-electron chi connectivity index (χ1n) is 6.79. The summed E-state index contributed by atoms with van der Waals surface area (Å²) in [4.78, 5) is 16.4. The lowest BCUT2D eigenvalue weighted by Gasteiger charge is -2.31. The van der Waals surface area contributed by atoms with Crippen LogP contribution in [0, 0.1) is 5.92 Å². The molecule has 0 aliphatic carbocycles. The first-order chi connectivity index (χ1) is 9.86. The maximum atomic E-state index is 12.5. The quantitative estimate of drug-likeness (QED) is 0.862. The van der Waals surface area contributed by atoms with E-state index in [0.29, 0.717) is 19.7 Å². The largest absolute Gasteiger partial charge is 0.477 e. The fourth-order valence-corrected chi connectivity index (χ4v) is 2.27. The second-order valence-electron chi connectivity index (χ2n) is 5.12. The summed E-state index contributed by atoms with van der Waals surface area (Å²) in [6.07, 6.45) is -2.89. The van der Waals surface area contributed by atoms with Gasteiger partial charge in [0.1, 0.15) is 5.69 Å². The Morgan fingerprint density at radius 3 is 2.62 bits per heavy atom. The van der Waals surface area contributed by atoms with Gasteiger partial charge in [0.05, 0.1) is 6.61 Å². The molecule has 0 bridgehead atoms. The number of nitrogens with zero attached hydrogens (tertiary/aromatic N) is 2. The fraction of sp³-hybridized carbons (Fsp3) is 0.571. The summed E-state index contributed by atoms with van der Waals surface area (Å²) in [5, 5.41) is 0. The number of carbonyl (C=O) groups excluding carboxylic acids is 1. The average Bonchev–Trinajstić information content (AvgIpc) is 2.45. The van der Waals surface area contributed by atoms with Crippen LogP contribution in [0.3, 0.4) is 0 Å². The normalized spacial score (nSPS) is 16.9. The van der Waals surface area contributed by atoms with E-state index in [2.05, 4.69) is 4.98 Å². The standard InChI is InChI=1S/C14H17F3N2O2/c1-10(20)19-7-5-11(6-8-19)9-21-13-4-2-3-12(18-13)14(15,16)17/h2-4,11H,5-9H2,1H3. The van der Waals surface area contributed by atoms with E-state index in [1.54, 1.807) is 4.90 Å². The predicted octanol–water partition coefficient (Wildman–Crippen LogP) is 2.74. The smallest absolute Gasteiger partial charge is 0.433 e. The zero-order chi connectivity index (χ0) is 15.5. The number of aromatic nitrogens is 1. The molecule has 21 heavy (non-hydrogen) atoms. The zero-order valence-electron chi connectivity index (χ0n) is 11.7. The molecule has 1 fully saturated rings. The van der Waals surface area contributed by atoms with Gasteiger partial charge in [-0.3, -0.25) is 4.79 Å². The minimum Gasteiger partial charge on any atom is -0.477 e. The van der Waals surface area contributed by atoms with Gasteiger partial charge in [-0.2, -0.15) is 13.2 Å². The summed E-state index contributed by atoms with van der Waals surface area (Å²) >= 11 is 0. The molecular weight excluding hydrogens is 285 g/mol. The van der Waals surface area contributed by atoms with Crippen LogP contribution in [-0.4, -0.2) is 35.5 Å². The Hall–Kier alpha value is -1.79. The Morgan fingerprint density at radius 2 is 2.05 bits per heavy atom. The van der Waals surface area contributed by atoms with Crippen LogP contribution in [0.1, 0.15) is 25.5 Å². The highest BCUT2D eigenvalue weighted by Gasteiger charge is 2.32. The lowest BCUT2D eigenvalue weighted by Crippen LogP contribution is -2.38. The number of piperidine rings is 1. The molecule has 1 aromatic rings. The van der Waals surface area contributed by atoms with E-state index >= 15 is 0 Å². The van der Waals surface area contributed by atoms with E-state index in [4.69, 9.17) is 4.74 Å². The van der Waals surface area contributed by atoms with Crippen molar-refractivity contribution in [2.45, 2.75) is 25.9 Å². The van der Waals surface area contributed by atoms with Crippen molar-refractivity contribution in [2.24, 2.45) is 5.92 Å². The van der Waals surface area contributed by atoms with Crippen molar-refractivity contribution in [1.82, 2.24) is 9.88 Å². The molecule has 7 heteroatoms. The molecule has 0 radical (unpaired) electrons. The molecular formula is C14H17F3N2O2. The van der Waals surface area contributed by atoms with Crippen molar-refractivity contribution in [3.63, 3.8) is 0 Å². The third-order valence-electron chi connectivity index (χ3n) is 3.54. The third kappa shape index (κ3) is 4.34. The van der Waals surface area contributed by atoms with Crippen molar-refractivity contribution in [3.05, 3.63) is 23.9 Å². The Balaban J connectivity index is 1.85. The topological polar surface area (TPSA) is 42.4 Å². The number of halogens is 3. The van der Waals surface area contributed by atoms with E-state index < -0.39 is 11.9 Å². The molecule has 1 saturated heterocycles. The van der Waals surface area contributed by atoms with Gasteiger partial charge in [-0.05, 0) is 24.8 Å². The number of ether oxygens (including phenoxy) is 1. The summed E-state index contributed by atoms with van der Waals surface area (Å²) in [7, 11) is 0. The molecule has 0 aromatic carbocycles. The molecule has 1 aliphatic rings. The fourth-order valence-electron chi connectivity index (χ4n) is 2.27. The van der Waals surface area contributed by atoms with Crippen molar-refractivity contribution < 1.29 is 22.7 Å². The molecule has 0 N–H and O–H groups in total. The molecule has 0 atom stereocenters. The number of carbonyl (C=O) groups is 1. The summed E-state index contributed by atoms with van der Waals surface area (Å²) in [5.74, 6) is 0.268. The van der Waals surface area contributed by atoms with Gasteiger partial charge in [0.25, 0.3) is 0 Å². The number of rotatable bonds is 3. The van der Waals surface area contributed by atoms with Crippen LogP contribution in [0.2, 0.25) is 0 Å². The van der Waals surface area contributed by atoms with E-state index in [-0.39, 0.29) is 17.7 Å². The van der Waals surface area contributed by atoms with Gasteiger partial charge in [-0.25, -0.2) is 4.98 Å². The van der Waals surface area contributed by atoms with Gasteiger partial charge in [0.15, 0.2) is 0 Å². The first-order valence-corrected chi connectivity index (χ1v) is 6.79. The molecule has 2 rings (SSSR count). The van der Waals surface area contributed by atoms with Crippen molar-refractivity contribution >= 4 is 5.91 Å². The van der Waals surface area contributed by atoms with Crippen LogP contribution in [0.15, 0.2) is 18.2 Å². The third-order valence-corrected chi connectivity index (χ3v) is 3.54. The van der Waals surface area contributed by atoms with Gasteiger partial charge in [-0.1, -0.05) is 6.07 Å². The van der Waals surface area contributed by atoms with Crippen LogP contribution in [0.5, 0.6) is 5.88 Å². The number of hydrogen-bond donors (Lipinski definition) is 0. The Bertz CT molecular complexity index is 497. The molecule has 1 aliphatic heterocycles. The summed E-state index contributed by atoms with van der Waals surface area (Å²) in [6.45, 7) is 3.18. The monoisotopic (exact) mass is 302 g/mol. The highest BCUT2D eigenvalue weighted by molar-refractivity contribution is 5.73. The van der Waals surface area contributed by atoms with Crippen LogP contribution in [0.4, 0.5) is 13.2 Å². The van der Waals surface area contributed by atoms with Crippen LogP contribution >= 0.6 is 0 Å². The van der Waals surface area contributed by atoms with Crippen LogP contribution in [-0.2, 0) is 11.0 Å². The van der Waals surface area contributed by atoms with E-state index in [1.165, 1.54) is 19.1 Å².